The van der Waals surface area contributed by atoms with Gasteiger partial charge < -0.3 is 10.2 Å². The molecule has 0 unspecified atom stereocenters. The van der Waals surface area contributed by atoms with Crippen molar-refractivity contribution in [1.29, 1.82) is 0 Å². The molecule has 1 aromatic rings. The van der Waals surface area contributed by atoms with Gasteiger partial charge in [-0.2, -0.15) is 0 Å². The Morgan fingerprint density at radius 2 is 2.10 bits per heavy atom. The van der Waals surface area contributed by atoms with Crippen molar-refractivity contribution in [3.8, 4) is 0 Å². The van der Waals surface area contributed by atoms with E-state index < -0.39 is 0 Å². The average molecular weight is 327 g/mol. The van der Waals surface area contributed by atoms with Gasteiger partial charge in [0.25, 0.3) is 0 Å². The van der Waals surface area contributed by atoms with Crippen LogP contribution in [0.4, 0.5) is 0 Å². The normalized spacial score (nSPS) is 15.9. The van der Waals surface area contributed by atoms with Crippen LogP contribution in [-0.4, -0.2) is 42.2 Å². The Morgan fingerprint density at radius 3 is 2.76 bits per heavy atom. The smallest absolute Gasteiger partial charge is 0.233 e. The van der Waals surface area contributed by atoms with Gasteiger partial charge in [-0.05, 0) is 44.5 Å². The molecule has 0 saturated carbocycles. The molecule has 0 radical (unpaired) electrons. The first-order valence-electron chi connectivity index (χ1n) is 7.60. The number of piperidine rings is 1. The first-order chi connectivity index (χ1) is 10.2. The van der Waals surface area contributed by atoms with Crippen LogP contribution in [0.5, 0.6) is 0 Å². The van der Waals surface area contributed by atoms with Gasteiger partial charge in [0.05, 0.1) is 10.8 Å². The fraction of sp³-hybridized carbons (Fsp3) is 0.562. The molecule has 1 saturated heterocycles. The van der Waals surface area contributed by atoms with Crippen molar-refractivity contribution >= 4 is 29.3 Å². The van der Waals surface area contributed by atoms with E-state index in [0.717, 1.165) is 48.8 Å². The number of benzene rings is 1. The summed E-state index contributed by atoms with van der Waals surface area (Å²) < 4.78 is 0. The maximum Gasteiger partial charge on any atom is 0.233 e. The minimum absolute atomic E-state index is 0.230. The number of amides is 1. The van der Waals surface area contributed by atoms with Gasteiger partial charge in [-0.1, -0.05) is 30.7 Å². The van der Waals surface area contributed by atoms with E-state index >= 15 is 0 Å². The third-order valence-electron chi connectivity index (χ3n) is 3.72. The molecule has 1 amide bonds. The number of hydrogen-bond acceptors (Lipinski definition) is 3. The standard InChI is InChI=1S/C16H23ClN2OS/c1-2-11-19(13-7-9-18-10-8-13)16(20)12-21-15-6-4-3-5-14(15)17/h3-6,13,18H,2,7-12H2,1H3. The first-order valence-corrected chi connectivity index (χ1v) is 8.96. The monoisotopic (exact) mass is 326 g/mol. The Balaban J connectivity index is 1.93. The zero-order valence-electron chi connectivity index (χ0n) is 12.5. The van der Waals surface area contributed by atoms with Crippen LogP contribution in [-0.2, 0) is 4.79 Å². The lowest BCUT2D eigenvalue weighted by Crippen LogP contribution is -2.47. The van der Waals surface area contributed by atoms with Crippen LogP contribution in [0, 0.1) is 0 Å². The molecule has 3 nitrogen and oxygen atoms in total. The third-order valence-corrected chi connectivity index (χ3v) is 5.22. The van der Waals surface area contributed by atoms with Gasteiger partial charge >= 0.3 is 0 Å². The second kappa shape index (κ2) is 8.66. The molecule has 2 rings (SSSR count). The van der Waals surface area contributed by atoms with Crippen LogP contribution in [0.15, 0.2) is 29.2 Å². The highest BCUT2D eigenvalue weighted by Gasteiger charge is 2.24. The Labute approximate surface area is 136 Å². The van der Waals surface area contributed by atoms with Gasteiger partial charge in [-0.15, -0.1) is 11.8 Å². The van der Waals surface area contributed by atoms with E-state index in [-0.39, 0.29) is 5.91 Å². The van der Waals surface area contributed by atoms with Gasteiger partial charge in [0.1, 0.15) is 0 Å². The molecular weight excluding hydrogens is 304 g/mol. The summed E-state index contributed by atoms with van der Waals surface area (Å²) in [5, 5.41) is 4.08. The van der Waals surface area contributed by atoms with Crippen molar-refractivity contribution in [2.24, 2.45) is 0 Å². The van der Waals surface area contributed by atoms with Gasteiger partial charge in [0, 0.05) is 17.5 Å². The van der Waals surface area contributed by atoms with Crippen molar-refractivity contribution in [2.75, 3.05) is 25.4 Å². The Hall–Kier alpha value is -0.710. The molecule has 0 spiro atoms. The Kier molecular flexibility index (Phi) is 6.87. The molecule has 0 bridgehead atoms. The molecule has 1 heterocycles. The van der Waals surface area contributed by atoms with E-state index in [1.54, 1.807) is 0 Å². The molecule has 1 aliphatic rings. The van der Waals surface area contributed by atoms with Crippen LogP contribution in [0.3, 0.4) is 0 Å². The number of hydrogen-bond donors (Lipinski definition) is 1. The van der Waals surface area contributed by atoms with E-state index in [0.29, 0.717) is 11.8 Å². The predicted molar refractivity (Wildman–Crippen MR) is 90.1 cm³/mol. The zero-order valence-corrected chi connectivity index (χ0v) is 14.1. The van der Waals surface area contributed by atoms with Crippen molar-refractivity contribution < 1.29 is 4.79 Å². The largest absolute Gasteiger partial charge is 0.339 e. The predicted octanol–water partition coefficient (Wildman–Crippen LogP) is 3.42. The van der Waals surface area contributed by atoms with Crippen molar-refractivity contribution in [1.82, 2.24) is 10.2 Å². The minimum atomic E-state index is 0.230. The fourth-order valence-electron chi connectivity index (χ4n) is 2.65. The van der Waals surface area contributed by atoms with Gasteiger partial charge in [-0.3, -0.25) is 4.79 Å². The number of carbonyl (C=O) groups excluding carboxylic acids is 1. The van der Waals surface area contributed by atoms with E-state index in [1.807, 2.05) is 24.3 Å². The highest BCUT2D eigenvalue weighted by Crippen LogP contribution is 2.27. The second-order valence-corrected chi connectivity index (χ2v) is 6.71. The van der Waals surface area contributed by atoms with Crippen LogP contribution in [0.1, 0.15) is 26.2 Å². The molecule has 1 aliphatic heterocycles. The summed E-state index contributed by atoms with van der Waals surface area (Å²) in [6, 6.07) is 8.09. The number of thioether (sulfide) groups is 1. The fourth-order valence-corrected chi connectivity index (χ4v) is 3.78. The SMILES string of the molecule is CCCN(C(=O)CSc1ccccc1Cl)C1CCNCC1. The molecule has 1 aromatic carbocycles. The van der Waals surface area contributed by atoms with Crippen molar-refractivity contribution in [3.63, 3.8) is 0 Å². The number of carbonyl (C=O) groups is 1. The molecular formula is C16H23ClN2OS. The van der Waals surface area contributed by atoms with E-state index in [9.17, 15) is 4.79 Å². The van der Waals surface area contributed by atoms with Crippen LogP contribution < -0.4 is 5.32 Å². The van der Waals surface area contributed by atoms with Crippen LogP contribution >= 0.6 is 23.4 Å². The summed E-state index contributed by atoms with van der Waals surface area (Å²) in [6.45, 7) is 5.00. The number of nitrogens with one attached hydrogen (secondary N) is 1. The lowest BCUT2D eigenvalue weighted by atomic mass is 10.0. The number of rotatable bonds is 6. The minimum Gasteiger partial charge on any atom is -0.339 e. The summed E-state index contributed by atoms with van der Waals surface area (Å²) in [4.78, 5) is 15.6. The maximum absolute atomic E-state index is 12.6. The van der Waals surface area contributed by atoms with Gasteiger partial charge in [-0.25, -0.2) is 0 Å². The molecule has 116 valence electrons. The zero-order chi connectivity index (χ0) is 15.1. The summed E-state index contributed by atoms with van der Waals surface area (Å²) >= 11 is 7.68. The molecule has 5 heteroatoms. The quantitative estimate of drug-likeness (QED) is 0.813. The lowest BCUT2D eigenvalue weighted by Gasteiger charge is -2.34. The molecule has 1 N–H and O–H groups in total. The maximum atomic E-state index is 12.6. The van der Waals surface area contributed by atoms with Gasteiger partial charge in [0.2, 0.25) is 5.91 Å². The summed E-state index contributed by atoms with van der Waals surface area (Å²) in [5.41, 5.74) is 0. The molecule has 0 atom stereocenters. The first kappa shape index (κ1) is 16.7. The average Bonchev–Trinajstić information content (AvgIpc) is 2.52. The van der Waals surface area contributed by atoms with Crippen LogP contribution in [0.25, 0.3) is 0 Å². The van der Waals surface area contributed by atoms with Crippen molar-refractivity contribution in [2.45, 2.75) is 37.1 Å². The summed E-state index contributed by atoms with van der Waals surface area (Å²) in [7, 11) is 0. The summed E-state index contributed by atoms with van der Waals surface area (Å²) in [5.74, 6) is 0.696. The molecule has 0 aromatic heterocycles. The van der Waals surface area contributed by atoms with Crippen LogP contribution in [0.2, 0.25) is 5.02 Å². The van der Waals surface area contributed by atoms with E-state index in [2.05, 4.69) is 17.1 Å². The van der Waals surface area contributed by atoms with E-state index in [4.69, 9.17) is 11.6 Å². The third kappa shape index (κ3) is 4.90. The molecule has 0 aliphatic carbocycles. The number of nitrogens with zero attached hydrogens (tertiary/aromatic N) is 1. The lowest BCUT2D eigenvalue weighted by molar-refractivity contribution is -0.131. The molecule has 21 heavy (non-hydrogen) atoms. The Morgan fingerprint density at radius 1 is 1.38 bits per heavy atom. The highest BCUT2D eigenvalue weighted by atomic mass is 35.5. The topological polar surface area (TPSA) is 32.3 Å². The van der Waals surface area contributed by atoms with Gasteiger partial charge in [0.15, 0.2) is 0 Å². The molecule has 1 fully saturated rings. The second-order valence-electron chi connectivity index (χ2n) is 5.29. The summed E-state index contributed by atoms with van der Waals surface area (Å²) in [6.07, 6.45) is 3.12. The Bertz CT molecular complexity index is 463. The van der Waals surface area contributed by atoms with Crippen molar-refractivity contribution in [3.05, 3.63) is 29.3 Å². The number of halogens is 1. The highest BCUT2D eigenvalue weighted by molar-refractivity contribution is 8.00. The van der Waals surface area contributed by atoms with E-state index in [1.165, 1.54) is 11.8 Å².